The normalized spacial score (nSPS) is 18.9. The van der Waals surface area contributed by atoms with Crippen molar-refractivity contribution in [3.63, 3.8) is 0 Å². The Hall–Kier alpha value is -1.36. The predicted octanol–water partition coefficient (Wildman–Crippen LogP) is 1.01. The highest BCUT2D eigenvalue weighted by Gasteiger charge is 2.36. The van der Waals surface area contributed by atoms with Crippen LogP contribution < -0.4 is 11.3 Å². The van der Waals surface area contributed by atoms with E-state index in [0.717, 1.165) is 12.2 Å². The fourth-order valence-electron chi connectivity index (χ4n) is 2.20. The topological polar surface area (TPSA) is 119 Å². The van der Waals surface area contributed by atoms with Gasteiger partial charge in [0.05, 0.1) is 4.92 Å². The van der Waals surface area contributed by atoms with Crippen LogP contribution in [0, 0.1) is 10.1 Å². The summed E-state index contributed by atoms with van der Waals surface area (Å²) in [7, 11) is -2.49. The average Bonchev–Trinajstić information content (AvgIpc) is 2.99. The highest BCUT2D eigenvalue weighted by Crippen LogP contribution is 2.34. The molecular formula is C11H16N4O4S2. The SMILES string of the molecule is CN(C1CCSC1)S(=O)(=O)c1cccc(NN)c1[N+](=O)[O-]. The summed E-state index contributed by atoms with van der Waals surface area (Å²) in [5.74, 6) is 6.81. The van der Waals surface area contributed by atoms with Gasteiger partial charge in [-0.15, -0.1) is 0 Å². The van der Waals surface area contributed by atoms with E-state index in [-0.39, 0.29) is 16.6 Å². The van der Waals surface area contributed by atoms with E-state index in [1.165, 1.54) is 29.6 Å². The number of nitrogens with one attached hydrogen (secondary N) is 1. The zero-order valence-electron chi connectivity index (χ0n) is 11.4. The maximum absolute atomic E-state index is 12.7. The first kappa shape index (κ1) is 16.0. The summed E-state index contributed by atoms with van der Waals surface area (Å²) in [6.45, 7) is 0. The van der Waals surface area contributed by atoms with Crippen LogP contribution in [0.3, 0.4) is 0 Å². The molecule has 0 saturated carbocycles. The number of anilines is 1. The van der Waals surface area contributed by atoms with Crippen LogP contribution in [0.25, 0.3) is 0 Å². The fourth-order valence-corrected chi connectivity index (χ4v) is 5.12. The van der Waals surface area contributed by atoms with Crippen molar-refractivity contribution in [1.82, 2.24) is 4.31 Å². The maximum atomic E-state index is 12.7. The van der Waals surface area contributed by atoms with Crippen LogP contribution in [-0.4, -0.2) is 42.2 Å². The summed E-state index contributed by atoms with van der Waals surface area (Å²) in [6.07, 6.45) is 0.739. The van der Waals surface area contributed by atoms with Crippen LogP contribution in [0.2, 0.25) is 0 Å². The summed E-state index contributed by atoms with van der Waals surface area (Å²) in [4.78, 5) is 10.1. The number of nitro groups is 1. The molecule has 1 heterocycles. The van der Waals surface area contributed by atoms with Crippen molar-refractivity contribution in [3.8, 4) is 0 Å². The largest absolute Gasteiger partial charge is 0.318 e. The first-order valence-electron chi connectivity index (χ1n) is 6.19. The number of nitrogen functional groups attached to an aromatic ring is 1. The van der Waals surface area contributed by atoms with Gasteiger partial charge in [0.2, 0.25) is 10.0 Å². The van der Waals surface area contributed by atoms with Gasteiger partial charge >= 0.3 is 5.69 Å². The highest BCUT2D eigenvalue weighted by molar-refractivity contribution is 7.99. The molecule has 1 aliphatic rings. The van der Waals surface area contributed by atoms with Crippen LogP contribution in [0.15, 0.2) is 23.1 Å². The van der Waals surface area contributed by atoms with Crippen LogP contribution in [0.4, 0.5) is 11.4 Å². The van der Waals surface area contributed by atoms with Crippen molar-refractivity contribution in [2.45, 2.75) is 17.4 Å². The smallest absolute Gasteiger partial charge is 0.313 e. The monoisotopic (exact) mass is 332 g/mol. The fraction of sp³-hybridized carbons (Fsp3) is 0.455. The zero-order chi connectivity index (χ0) is 15.6. The van der Waals surface area contributed by atoms with Gasteiger partial charge in [0.1, 0.15) is 5.69 Å². The number of hydrogen-bond acceptors (Lipinski definition) is 7. The van der Waals surface area contributed by atoms with Gasteiger partial charge in [0.15, 0.2) is 4.90 Å². The second kappa shape index (κ2) is 6.18. The van der Waals surface area contributed by atoms with Gasteiger partial charge in [-0.1, -0.05) is 6.07 Å². The van der Waals surface area contributed by atoms with Crippen LogP contribution >= 0.6 is 11.8 Å². The Bertz CT molecular complexity index is 644. The molecule has 1 aromatic carbocycles. The summed E-state index contributed by atoms with van der Waals surface area (Å²) < 4.78 is 26.5. The third-order valence-electron chi connectivity index (χ3n) is 3.41. The van der Waals surface area contributed by atoms with Crippen LogP contribution in [0.1, 0.15) is 6.42 Å². The summed E-state index contributed by atoms with van der Waals surface area (Å²) in [5, 5.41) is 11.2. The maximum Gasteiger partial charge on any atom is 0.313 e. The molecule has 0 aliphatic carbocycles. The highest BCUT2D eigenvalue weighted by atomic mass is 32.2. The number of hydrogen-bond donors (Lipinski definition) is 2. The second-order valence-corrected chi connectivity index (χ2v) is 7.71. The number of benzene rings is 1. The van der Waals surface area contributed by atoms with E-state index in [9.17, 15) is 18.5 Å². The number of nitrogens with two attached hydrogens (primary N) is 1. The first-order chi connectivity index (χ1) is 9.89. The Balaban J connectivity index is 2.51. The predicted molar refractivity (Wildman–Crippen MR) is 81.6 cm³/mol. The van der Waals surface area contributed by atoms with Gasteiger partial charge in [-0.25, -0.2) is 8.42 Å². The van der Waals surface area contributed by atoms with Gasteiger partial charge in [-0.3, -0.25) is 16.0 Å². The molecule has 0 amide bonds. The lowest BCUT2D eigenvalue weighted by Gasteiger charge is -2.23. The molecule has 0 bridgehead atoms. The van der Waals surface area contributed by atoms with Crippen molar-refractivity contribution in [2.24, 2.45) is 5.84 Å². The van der Waals surface area contributed by atoms with E-state index in [2.05, 4.69) is 5.43 Å². The summed E-state index contributed by atoms with van der Waals surface area (Å²) in [6, 6.07) is 3.87. The van der Waals surface area contributed by atoms with Gasteiger partial charge < -0.3 is 5.43 Å². The molecule has 3 N–H and O–H groups in total. The minimum Gasteiger partial charge on any atom is -0.318 e. The lowest BCUT2D eigenvalue weighted by molar-refractivity contribution is -0.386. The molecule has 10 heteroatoms. The lowest BCUT2D eigenvalue weighted by Crippen LogP contribution is -2.37. The Morgan fingerprint density at radius 3 is 2.76 bits per heavy atom. The van der Waals surface area contributed by atoms with Crippen molar-refractivity contribution >= 4 is 33.2 Å². The zero-order valence-corrected chi connectivity index (χ0v) is 13.0. The van der Waals surface area contributed by atoms with Crippen molar-refractivity contribution in [2.75, 3.05) is 24.0 Å². The molecule has 1 fully saturated rings. The van der Waals surface area contributed by atoms with Gasteiger partial charge in [0.25, 0.3) is 0 Å². The Labute approximate surface area is 126 Å². The van der Waals surface area contributed by atoms with E-state index in [1.807, 2.05) is 0 Å². The van der Waals surface area contributed by atoms with Crippen LogP contribution in [-0.2, 0) is 10.0 Å². The average molecular weight is 332 g/mol. The molecule has 1 aromatic rings. The van der Waals surface area contributed by atoms with E-state index >= 15 is 0 Å². The summed E-state index contributed by atoms with van der Waals surface area (Å²) >= 11 is 1.67. The minimum absolute atomic E-state index is 0.0322. The van der Waals surface area contributed by atoms with E-state index < -0.39 is 20.6 Å². The number of thioether (sulfide) groups is 1. The number of hydrazine groups is 1. The van der Waals surface area contributed by atoms with E-state index in [1.54, 1.807) is 11.8 Å². The molecule has 8 nitrogen and oxygen atoms in total. The molecule has 1 atom stereocenters. The first-order valence-corrected chi connectivity index (χ1v) is 8.79. The van der Waals surface area contributed by atoms with E-state index in [0.29, 0.717) is 5.75 Å². The van der Waals surface area contributed by atoms with Gasteiger partial charge in [0, 0.05) is 18.8 Å². The Morgan fingerprint density at radius 1 is 1.52 bits per heavy atom. The molecule has 2 rings (SSSR count). The number of rotatable bonds is 5. The van der Waals surface area contributed by atoms with Gasteiger partial charge in [-0.2, -0.15) is 16.1 Å². The third-order valence-corrected chi connectivity index (χ3v) is 6.50. The van der Waals surface area contributed by atoms with Crippen molar-refractivity contribution in [3.05, 3.63) is 28.3 Å². The number of nitrogens with zero attached hydrogens (tertiary/aromatic N) is 2. The van der Waals surface area contributed by atoms with Crippen LogP contribution in [0.5, 0.6) is 0 Å². The standard InChI is InChI=1S/C11H16N4O4S2/c1-14(8-5-6-20-7-8)21(18,19)10-4-2-3-9(13-12)11(10)15(16)17/h2-4,8,13H,5-7,12H2,1H3. The molecule has 1 aliphatic heterocycles. The third kappa shape index (κ3) is 2.98. The Kier molecular flexibility index (Phi) is 4.71. The van der Waals surface area contributed by atoms with Crippen molar-refractivity contribution < 1.29 is 13.3 Å². The van der Waals surface area contributed by atoms with Crippen molar-refractivity contribution in [1.29, 1.82) is 0 Å². The molecule has 116 valence electrons. The molecule has 1 saturated heterocycles. The molecule has 21 heavy (non-hydrogen) atoms. The summed E-state index contributed by atoms with van der Waals surface area (Å²) in [5.41, 5.74) is 1.61. The quantitative estimate of drug-likeness (QED) is 0.469. The lowest BCUT2D eigenvalue weighted by atomic mass is 10.3. The number of para-hydroxylation sites is 1. The molecular weight excluding hydrogens is 316 g/mol. The molecule has 0 spiro atoms. The number of sulfonamides is 1. The molecule has 0 aromatic heterocycles. The second-order valence-electron chi connectivity index (χ2n) is 4.59. The van der Waals surface area contributed by atoms with Gasteiger partial charge in [-0.05, 0) is 24.3 Å². The number of nitro benzene ring substituents is 1. The molecule has 1 unspecified atom stereocenters. The van der Waals surface area contributed by atoms with E-state index in [4.69, 9.17) is 5.84 Å². The minimum atomic E-state index is -3.95. The Morgan fingerprint density at radius 2 is 2.24 bits per heavy atom. The molecule has 0 radical (unpaired) electrons.